The predicted molar refractivity (Wildman–Crippen MR) is 113 cm³/mol. The van der Waals surface area contributed by atoms with Crippen molar-refractivity contribution in [3.63, 3.8) is 0 Å². The standard InChI is InChI=1S/C22H25ClN2O4/c1-4-15(3)20(25-21(27)16-8-10-17(23)11-9-16)22(28)29-13-19(26)24-18-7-5-6-14(2)12-18/h5-12,15,20H,4,13H2,1-3H3,(H,24,26)(H,25,27)/t15-,20-/m0/s1. The average molecular weight is 417 g/mol. The Bertz CT molecular complexity index is 867. The van der Waals surface area contributed by atoms with E-state index in [-0.39, 0.29) is 5.92 Å². The first kappa shape index (κ1) is 22.4. The van der Waals surface area contributed by atoms with E-state index in [0.717, 1.165) is 5.56 Å². The van der Waals surface area contributed by atoms with E-state index in [0.29, 0.717) is 22.7 Å². The molecule has 0 spiro atoms. The van der Waals surface area contributed by atoms with E-state index >= 15 is 0 Å². The highest BCUT2D eigenvalue weighted by molar-refractivity contribution is 6.30. The van der Waals surface area contributed by atoms with E-state index in [4.69, 9.17) is 16.3 Å². The third-order valence-electron chi connectivity index (χ3n) is 4.51. The summed E-state index contributed by atoms with van der Waals surface area (Å²) < 4.78 is 5.16. The van der Waals surface area contributed by atoms with E-state index in [1.54, 1.807) is 30.3 Å². The molecule has 0 saturated carbocycles. The molecule has 7 heteroatoms. The van der Waals surface area contributed by atoms with Gasteiger partial charge in [0.1, 0.15) is 6.04 Å². The molecular weight excluding hydrogens is 392 g/mol. The molecule has 2 aromatic rings. The van der Waals surface area contributed by atoms with Crippen LogP contribution in [0, 0.1) is 12.8 Å². The zero-order valence-corrected chi connectivity index (χ0v) is 17.5. The van der Waals surface area contributed by atoms with E-state index < -0.39 is 30.4 Å². The Balaban J connectivity index is 1.96. The van der Waals surface area contributed by atoms with Gasteiger partial charge in [0.2, 0.25) is 0 Å². The van der Waals surface area contributed by atoms with Gasteiger partial charge in [-0.05, 0) is 54.8 Å². The smallest absolute Gasteiger partial charge is 0.329 e. The Morgan fingerprint density at radius 3 is 2.41 bits per heavy atom. The molecule has 0 heterocycles. The monoisotopic (exact) mass is 416 g/mol. The van der Waals surface area contributed by atoms with Crippen LogP contribution in [0.4, 0.5) is 5.69 Å². The van der Waals surface area contributed by atoms with Gasteiger partial charge in [-0.3, -0.25) is 9.59 Å². The molecule has 154 valence electrons. The number of ether oxygens (including phenoxy) is 1. The number of carbonyl (C=O) groups is 3. The third-order valence-corrected chi connectivity index (χ3v) is 4.76. The Morgan fingerprint density at radius 2 is 1.79 bits per heavy atom. The van der Waals surface area contributed by atoms with Crippen molar-refractivity contribution in [3.05, 3.63) is 64.7 Å². The normalized spacial score (nSPS) is 12.6. The molecule has 2 atom stereocenters. The van der Waals surface area contributed by atoms with E-state index in [1.807, 2.05) is 39.0 Å². The molecule has 2 amide bonds. The fraction of sp³-hybridized carbons (Fsp3) is 0.318. The Morgan fingerprint density at radius 1 is 1.10 bits per heavy atom. The first-order valence-corrected chi connectivity index (χ1v) is 9.77. The predicted octanol–water partition coefficient (Wildman–Crippen LogP) is 3.97. The topological polar surface area (TPSA) is 84.5 Å². The molecule has 0 aliphatic carbocycles. The molecule has 2 rings (SSSR count). The number of hydrogen-bond donors (Lipinski definition) is 2. The average Bonchev–Trinajstić information content (AvgIpc) is 2.70. The minimum Gasteiger partial charge on any atom is -0.454 e. The zero-order chi connectivity index (χ0) is 21.4. The lowest BCUT2D eigenvalue weighted by Crippen LogP contribution is -2.46. The van der Waals surface area contributed by atoms with Gasteiger partial charge in [-0.1, -0.05) is 44.0 Å². The maximum absolute atomic E-state index is 12.5. The molecule has 0 unspecified atom stereocenters. The van der Waals surface area contributed by atoms with Gasteiger partial charge >= 0.3 is 5.97 Å². The highest BCUT2D eigenvalue weighted by Crippen LogP contribution is 2.14. The summed E-state index contributed by atoms with van der Waals surface area (Å²) in [5.41, 5.74) is 2.01. The number of aryl methyl sites for hydroxylation is 1. The minimum atomic E-state index is -0.866. The maximum Gasteiger partial charge on any atom is 0.329 e. The first-order chi connectivity index (χ1) is 13.8. The number of halogens is 1. The summed E-state index contributed by atoms with van der Waals surface area (Å²) in [6, 6.07) is 12.8. The number of esters is 1. The SMILES string of the molecule is CC[C@H](C)[C@H](NC(=O)c1ccc(Cl)cc1)C(=O)OCC(=O)Nc1cccc(C)c1. The van der Waals surface area contributed by atoms with Crippen LogP contribution in [0.5, 0.6) is 0 Å². The Labute approximate surface area is 175 Å². The van der Waals surface area contributed by atoms with Gasteiger partial charge in [-0.15, -0.1) is 0 Å². The first-order valence-electron chi connectivity index (χ1n) is 9.39. The number of carbonyl (C=O) groups excluding carboxylic acids is 3. The van der Waals surface area contributed by atoms with Crippen molar-refractivity contribution < 1.29 is 19.1 Å². The fourth-order valence-corrected chi connectivity index (χ4v) is 2.77. The van der Waals surface area contributed by atoms with Crippen LogP contribution in [0.3, 0.4) is 0 Å². The fourth-order valence-electron chi connectivity index (χ4n) is 2.64. The van der Waals surface area contributed by atoms with Crippen molar-refractivity contribution in [1.29, 1.82) is 0 Å². The largest absolute Gasteiger partial charge is 0.454 e. The van der Waals surface area contributed by atoms with E-state index in [2.05, 4.69) is 10.6 Å². The summed E-state index contributed by atoms with van der Waals surface area (Å²) in [6.07, 6.45) is 0.649. The summed E-state index contributed by atoms with van der Waals surface area (Å²) in [6.45, 7) is 5.22. The van der Waals surface area contributed by atoms with Crippen molar-refractivity contribution in [3.8, 4) is 0 Å². The highest BCUT2D eigenvalue weighted by Gasteiger charge is 2.28. The zero-order valence-electron chi connectivity index (χ0n) is 16.7. The number of rotatable bonds is 8. The van der Waals surface area contributed by atoms with Crippen LogP contribution >= 0.6 is 11.6 Å². The summed E-state index contributed by atoms with van der Waals surface area (Å²) in [5, 5.41) is 5.89. The lowest BCUT2D eigenvalue weighted by Gasteiger charge is -2.22. The van der Waals surface area contributed by atoms with Crippen LogP contribution in [0.25, 0.3) is 0 Å². The number of hydrogen-bond acceptors (Lipinski definition) is 4. The second-order valence-corrected chi connectivity index (χ2v) is 7.31. The van der Waals surface area contributed by atoms with Crippen molar-refractivity contribution in [1.82, 2.24) is 5.32 Å². The van der Waals surface area contributed by atoms with E-state index in [9.17, 15) is 14.4 Å². The minimum absolute atomic E-state index is 0.168. The molecule has 2 N–H and O–H groups in total. The number of amides is 2. The van der Waals surface area contributed by atoms with Crippen LogP contribution in [0.1, 0.15) is 36.2 Å². The quantitative estimate of drug-likeness (QED) is 0.637. The second-order valence-electron chi connectivity index (χ2n) is 6.87. The van der Waals surface area contributed by atoms with Gasteiger partial charge in [0.05, 0.1) is 0 Å². The lowest BCUT2D eigenvalue weighted by molar-refractivity contribution is -0.150. The molecule has 0 aliphatic heterocycles. The summed E-state index contributed by atoms with van der Waals surface area (Å²) >= 11 is 5.84. The highest BCUT2D eigenvalue weighted by atomic mass is 35.5. The van der Waals surface area contributed by atoms with Crippen molar-refractivity contribution >= 4 is 35.1 Å². The number of nitrogens with one attached hydrogen (secondary N) is 2. The Kier molecular flexibility index (Phi) is 8.21. The number of benzene rings is 2. The molecule has 0 fully saturated rings. The van der Waals surface area contributed by atoms with Crippen LogP contribution in [-0.2, 0) is 14.3 Å². The molecule has 29 heavy (non-hydrogen) atoms. The molecule has 0 radical (unpaired) electrons. The van der Waals surface area contributed by atoms with Crippen molar-refractivity contribution in [2.24, 2.45) is 5.92 Å². The molecule has 0 aromatic heterocycles. The Hall–Kier alpha value is -2.86. The lowest BCUT2D eigenvalue weighted by atomic mass is 9.99. The molecular formula is C22H25ClN2O4. The van der Waals surface area contributed by atoms with Crippen LogP contribution in [0.15, 0.2) is 48.5 Å². The molecule has 6 nitrogen and oxygen atoms in total. The van der Waals surface area contributed by atoms with Crippen molar-refractivity contribution in [2.75, 3.05) is 11.9 Å². The summed E-state index contributed by atoms with van der Waals surface area (Å²) in [5.74, 6) is -1.68. The third kappa shape index (κ3) is 6.91. The van der Waals surface area contributed by atoms with Gasteiger partial charge in [-0.25, -0.2) is 4.79 Å². The van der Waals surface area contributed by atoms with Gasteiger partial charge in [0, 0.05) is 16.3 Å². The maximum atomic E-state index is 12.5. The summed E-state index contributed by atoms with van der Waals surface area (Å²) in [4.78, 5) is 37.1. The van der Waals surface area contributed by atoms with E-state index in [1.165, 1.54) is 0 Å². The van der Waals surface area contributed by atoms with Gasteiger partial charge in [0.15, 0.2) is 6.61 Å². The molecule has 0 bridgehead atoms. The molecule has 0 saturated heterocycles. The van der Waals surface area contributed by atoms with Gasteiger partial charge < -0.3 is 15.4 Å². The molecule has 0 aliphatic rings. The number of anilines is 1. The second kappa shape index (κ2) is 10.6. The van der Waals surface area contributed by atoms with Crippen LogP contribution < -0.4 is 10.6 Å². The van der Waals surface area contributed by atoms with Crippen LogP contribution in [-0.4, -0.2) is 30.4 Å². The summed E-state index contributed by atoms with van der Waals surface area (Å²) in [7, 11) is 0. The van der Waals surface area contributed by atoms with Gasteiger partial charge in [0.25, 0.3) is 11.8 Å². The van der Waals surface area contributed by atoms with Crippen LogP contribution in [0.2, 0.25) is 5.02 Å². The van der Waals surface area contributed by atoms with Gasteiger partial charge in [-0.2, -0.15) is 0 Å². The van der Waals surface area contributed by atoms with Crippen molar-refractivity contribution in [2.45, 2.75) is 33.2 Å². The molecule has 2 aromatic carbocycles.